The van der Waals surface area contributed by atoms with Gasteiger partial charge in [0.2, 0.25) is 0 Å². The van der Waals surface area contributed by atoms with Crippen molar-refractivity contribution >= 4 is 17.8 Å². The average Bonchev–Trinajstić information content (AvgIpc) is 3.65. The molecule has 2 atom stereocenters. The quantitative estimate of drug-likeness (QED) is 0.201. The average molecular weight is 638 g/mol. The molecule has 3 amide bonds. The van der Waals surface area contributed by atoms with Crippen LogP contribution in [0.3, 0.4) is 0 Å². The van der Waals surface area contributed by atoms with Crippen molar-refractivity contribution in [2.45, 2.75) is 56.7 Å². The Labute approximate surface area is 275 Å². The van der Waals surface area contributed by atoms with E-state index in [1.54, 1.807) is 24.1 Å². The van der Waals surface area contributed by atoms with Crippen LogP contribution in [0, 0.1) is 6.92 Å². The van der Waals surface area contributed by atoms with Crippen LogP contribution in [-0.2, 0) is 4.74 Å². The Kier molecular flexibility index (Phi) is 10.3. The smallest absolute Gasteiger partial charge is 0.320 e. The summed E-state index contributed by atoms with van der Waals surface area (Å²) in [6.07, 6.45) is 4.14. The maximum Gasteiger partial charge on any atom is 0.320 e. The lowest BCUT2D eigenvalue weighted by Gasteiger charge is -2.26. The van der Waals surface area contributed by atoms with Crippen LogP contribution >= 0.6 is 0 Å². The number of aromatic nitrogens is 3. The topological polar surface area (TPSA) is 134 Å². The Morgan fingerprint density at radius 1 is 0.957 bits per heavy atom. The lowest BCUT2D eigenvalue weighted by molar-refractivity contribution is 0.0863. The molecule has 6 rings (SSSR count). The Bertz CT molecular complexity index is 1650. The van der Waals surface area contributed by atoms with Gasteiger partial charge in [0.25, 0.3) is 5.91 Å². The zero-order valence-electron chi connectivity index (χ0n) is 26.9. The summed E-state index contributed by atoms with van der Waals surface area (Å²) < 4.78 is 7.05. The van der Waals surface area contributed by atoms with Gasteiger partial charge in [-0.05, 0) is 62.4 Å². The van der Waals surface area contributed by atoms with Crippen LogP contribution in [0.4, 0.5) is 10.6 Å². The third-order valence-corrected chi connectivity index (χ3v) is 9.20. The third-order valence-electron chi connectivity index (χ3n) is 9.20. The van der Waals surface area contributed by atoms with Gasteiger partial charge >= 0.3 is 6.03 Å². The van der Waals surface area contributed by atoms with E-state index in [2.05, 4.69) is 38.0 Å². The van der Waals surface area contributed by atoms with Crippen LogP contribution in [0.15, 0.2) is 79.0 Å². The zero-order chi connectivity index (χ0) is 32.8. The molecule has 0 bridgehead atoms. The lowest BCUT2D eigenvalue weighted by atomic mass is 9.93. The number of rotatable bonds is 10. The monoisotopic (exact) mass is 637 g/mol. The van der Waals surface area contributed by atoms with Crippen molar-refractivity contribution in [2.75, 3.05) is 38.7 Å². The number of anilines is 1. The van der Waals surface area contributed by atoms with E-state index in [0.29, 0.717) is 48.8 Å². The summed E-state index contributed by atoms with van der Waals surface area (Å²) in [4.78, 5) is 33.5. The highest BCUT2D eigenvalue weighted by molar-refractivity contribution is 5.94. The molecule has 47 heavy (non-hydrogen) atoms. The van der Waals surface area contributed by atoms with Gasteiger partial charge in [0, 0.05) is 56.0 Å². The molecule has 2 aliphatic rings. The molecule has 1 aliphatic carbocycles. The number of likely N-dealkylation sites (tertiary alicyclic amines) is 1. The molecule has 1 aliphatic heterocycles. The number of hydrogen-bond donors (Lipinski definition) is 4. The van der Waals surface area contributed by atoms with Crippen molar-refractivity contribution in [1.29, 1.82) is 0 Å². The van der Waals surface area contributed by atoms with Gasteiger partial charge in [-0.25, -0.2) is 9.48 Å². The molecule has 11 nitrogen and oxygen atoms in total. The van der Waals surface area contributed by atoms with Gasteiger partial charge in [-0.1, -0.05) is 48.5 Å². The first-order valence-electron chi connectivity index (χ1n) is 16.3. The Hall–Kier alpha value is -4.58. The summed E-state index contributed by atoms with van der Waals surface area (Å²) in [6, 6.07) is 23.1. The molecule has 1 saturated carbocycles. The minimum atomic E-state index is -0.316. The van der Waals surface area contributed by atoms with Gasteiger partial charge in [0.05, 0.1) is 30.1 Å². The van der Waals surface area contributed by atoms with Gasteiger partial charge in [-0.3, -0.25) is 20.0 Å². The minimum absolute atomic E-state index is 0.0121. The van der Waals surface area contributed by atoms with E-state index in [-0.39, 0.29) is 36.0 Å². The molecule has 2 aromatic carbocycles. The maximum absolute atomic E-state index is 13.7. The molecule has 2 aromatic heterocycles. The minimum Gasteiger partial charge on any atom is -0.393 e. The number of hydrogen-bond acceptors (Lipinski definition) is 7. The number of ether oxygens (including phenoxy) is 1. The first-order chi connectivity index (χ1) is 22.9. The zero-order valence-corrected chi connectivity index (χ0v) is 26.9. The normalized spacial score (nSPS) is 21.3. The summed E-state index contributed by atoms with van der Waals surface area (Å²) in [5, 5.41) is 24.2. The number of carbonyl (C=O) groups is 2. The Morgan fingerprint density at radius 3 is 2.40 bits per heavy atom. The summed E-state index contributed by atoms with van der Waals surface area (Å²) in [7, 11) is 1.70. The van der Waals surface area contributed by atoms with Gasteiger partial charge in [0.15, 0.2) is 0 Å². The number of urea groups is 1. The van der Waals surface area contributed by atoms with Gasteiger partial charge < -0.3 is 20.5 Å². The highest BCUT2D eigenvalue weighted by Crippen LogP contribution is 2.32. The van der Waals surface area contributed by atoms with E-state index in [9.17, 15) is 14.7 Å². The maximum atomic E-state index is 13.7. The number of aliphatic hydroxyl groups is 1. The van der Waals surface area contributed by atoms with Crippen molar-refractivity contribution in [3.63, 3.8) is 0 Å². The van der Waals surface area contributed by atoms with Crippen molar-refractivity contribution in [3.05, 3.63) is 95.8 Å². The molecule has 4 aromatic rings. The van der Waals surface area contributed by atoms with Crippen molar-refractivity contribution in [3.8, 4) is 16.9 Å². The van der Waals surface area contributed by atoms with Crippen molar-refractivity contribution in [2.24, 2.45) is 0 Å². The first-order valence-corrected chi connectivity index (χ1v) is 16.3. The molecule has 2 fully saturated rings. The van der Waals surface area contributed by atoms with E-state index >= 15 is 0 Å². The van der Waals surface area contributed by atoms with E-state index < -0.39 is 0 Å². The molecule has 0 spiro atoms. The Balaban J connectivity index is 1.24. The number of carbonyl (C=O) groups excluding carboxylic acids is 2. The van der Waals surface area contributed by atoms with Crippen LogP contribution in [0.5, 0.6) is 0 Å². The third kappa shape index (κ3) is 7.70. The molecular formula is C36H43N7O4. The number of nitrogens with one attached hydrogen (secondary N) is 3. The first kappa shape index (κ1) is 32.4. The van der Waals surface area contributed by atoms with Crippen LogP contribution in [-0.4, -0.2) is 88.2 Å². The number of pyridine rings is 1. The predicted molar refractivity (Wildman–Crippen MR) is 181 cm³/mol. The number of amides is 3. The van der Waals surface area contributed by atoms with Crippen LogP contribution in [0.1, 0.15) is 53.2 Å². The van der Waals surface area contributed by atoms with Crippen LogP contribution in [0.25, 0.3) is 16.9 Å². The van der Waals surface area contributed by atoms with Gasteiger partial charge in [-0.15, -0.1) is 0 Å². The number of benzene rings is 2. The summed E-state index contributed by atoms with van der Waals surface area (Å²) in [5.41, 5.74) is 4.38. The summed E-state index contributed by atoms with van der Waals surface area (Å²) >= 11 is 0. The molecule has 0 radical (unpaired) electrons. The molecule has 1 saturated heterocycles. The van der Waals surface area contributed by atoms with E-state index in [4.69, 9.17) is 9.84 Å². The molecule has 3 heterocycles. The van der Waals surface area contributed by atoms with E-state index in [1.165, 1.54) is 5.56 Å². The van der Waals surface area contributed by atoms with Crippen molar-refractivity contribution < 1.29 is 19.4 Å². The molecule has 11 heteroatoms. The number of aliphatic hydroxyl groups excluding tert-OH is 1. The van der Waals surface area contributed by atoms with Gasteiger partial charge in [-0.2, -0.15) is 5.10 Å². The molecule has 246 valence electrons. The number of methoxy groups -OCH3 is 1. The fraction of sp³-hybridized carbons (Fsp3) is 0.389. The highest BCUT2D eigenvalue weighted by atomic mass is 16.5. The second-order valence-corrected chi connectivity index (χ2v) is 12.5. The van der Waals surface area contributed by atoms with Crippen LogP contribution in [0.2, 0.25) is 0 Å². The summed E-state index contributed by atoms with van der Waals surface area (Å²) in [6.45, 7) is 4.87. The lowest BCUT2D eigenvalue weighted by Crippen LogP contribution is -2.42. The van der Waals surface area contributed by atoms with E-state index in [1.807, 2.05) is 61.5 Å². The van der Waals surface area contributed by atoms with Gasteiger partial charge in [0.1, 0.15) is 11.5 Å². The van der Waals surface area contributed by atoms with Crippen LogP contribution < -0.4 is 16.0 Å². The Morgan fingerprint density at radius 2 is 1.68 bits per heavy atom. The van der Waals surface area contributed by atoms with Crippen molar-refractivity contribution in [1.82, 2.24) is 30.3 Å². The predicted octanol–water partition coefficient (Wildman–Crippen LogP) is 4.51. The SMILES string of the molecule is COCCN1C[C@@H](NC(=O)Nc2c(C)c(-c3ccnc(C(=O)NC4CCC(O)CC4)c3)nn2-c2ccccc2)[C@H](c2ccccc2)C1. The largest absolute Gasteiger partial charge is 0.393 e. The summed E-state index contributed by atoms with van der Waals surface area (Å²) in [5.74, 6) is 0.419. The fourth-order valence-electron chi connectivity index (χ4n) is 6.64. The molecule has 0 unspecified atom stereocenters. The molecular weight excluding hydrogens is 594 g/mol. The van der Waals surface area contributed by atoms with E-state index in [0.717, 1.165) is 37.2 Å². The number of nitrogens with zero attached hydrogens (tertiary/aromatic N) is 4. The highest BCUT2D eigenvalue weighted by Gasteiger charge is 2.35. The standard InChI is InChI=1S/C36H43N7O4/c1-24-33(26-17-18-37-31(21-26)35(45)38-27-13-15-29(44)16-14-27)41-43(28-11-7-4-8-12-28)34(24)40-36(46)39-32-23-42(19-20-47-2)22-30(32)25-9-5-3-6-10-25/h3-12,17-18,21,27,29-30,32,44H,13-16,19-20,22-23H2,1-2H3,(H,38,45)(H2,39,40,46)/t27?,29?,30-,32+/m0/s1. The second kappa shape index (κ2) is 14.9. The fourth-order valence-corrected chi connectivity index (χ4v) is 6.64. The second-order valence-electron chi connectivity index (χ2n) is 12.5. The molecule has 4 N–H and O–H groups in total. The number of para-hydroxylation sites is 1.